The maximum Gasteiger partial charge on any atom is 0.227 e. The minimum absolute atomic E-state index is 0.295. The molecule has 3 aliphatic rings. The molecule has 4 heterocycles. The molecule has 0 atom stereocenters. The average Bonchev–Trinajstić information content (AvgIpc) is 2.93. The minimum atomic E-state index is -0.295. The summed E-state index contributed by atoms with van der Waals surface area (Å²) in [6, 6.07) is 8.65. The Morgan fingerprint density at radius 2 is 2.07 bits per heavy atom. The summed E-state index contributed by atoms with van der Waals surface area (Å²) in [5.41, 5.74) is 9.77. The van der Waals surface area contributed by atoms with Gasteiger partial charge in [-0.3, -0.25) is 0 Å². The lowest BCUT2D eigenvalue weighted by Gasteiger charge is -2.38. The van der Waals surface area contributed by atoms with Gasteiger partial charge in [0.1, 0.15) is 5.82 Å². The molecule has 1 aromatic heterocycles. The van der Waals surface area contributed by atoms with Crippen LogP contribution in [0.15, 0.2) is 29.2 Å². The van der Waals surface area contributed by atoms with Crippen molar-refractivity contribution in [2.45, 2.75) is 29.9 Å². The zero-order valence-electron chi connectivity index (χ0n) is 16.9. The van der Waals surface area contributed by atoms with Crippen LogP contribution in [0.4, 0.5) is 11.8 Å². The molecule has 3 aliphatic heterocycles. The van der Waals surface area contributed by atoms with Crippen molar-refractivity contribution < 1.29 is 4.74 Å². The SMILES string of the molecule is CN1CCc2nc(N3CCSc4ccccc4C3)nc(NCC3(N)COC3)c2C1. The molecule has 0 spiro atoms. The van der Waals surface area contributed by atoms with Gasteiger partial charge in [-0.1, -0.05) is 18.2 Å². The van der Waals surface area contributed by atoms with Gasteiger partial charge < -0.3 is 25.6 Å². The standard InChI is InChI=1S/C21H28N6OS/c1-26-7-6-17-16(11-26)19(23-12-21(22)13-28-14-21)25-20(24-17)27-8-9-29-18-5-3-2-4-15(18)10-27/h2-5H,6-14,22H2,1H3,(H,23,24,25). The fourth-order valence-corrected chi connectivity index (χ4v) is 5.07. The number of benzene rings is 1. The molecule has 0 unspecified atom stereocenters. The van der Waals surface area contributed by atoms with Crippen molar-refractivity contribution >= 4 is 23.5 Å². The number of ether oxygens (including phenoxy) is 1. The molecule has 29 heavy (non-hydrogen) atoms. The molecule has 0 amide bonds. The third-order valence-corrected chi connectivity index (χ3v) is 6.96. The van der Waals surface area contributed by atoms with E-state index in [-0.39, 0.29) is 5.54 Å². The lowest BCUT2D eigenvalue weighted by molar-refractivity contribution is -0.0462. The van der Waals surface area contributed by atoms with Crippen molar-refractivity contribution in [1.29, 1.82) is 0 Å². The first-order chi connectivity index (χ1) is 14.1. The first-order valence-corrected chi connectivity index (χ1v) is 11.2. The number of nitrogens with zero attached hydrogens (tertiary/aromatic N) is 4. The van der Waals surface area contributed by atoms with E-state index in [2.05, 4.69) is 46.4 Å². The predicted octanol–water partition coefficient (Wildman–Crippen LogP) is 1.72. The molecule has 3 N–H and O–H groups in total. The van der Waals surface area contributed by atoms with Crippen LogP contribution in [0.3, 0.4) is 0 Å². The van der Waals surface area contributed by atoms with Crippen molar-refractivity contribution in [1.82, 2.24) is 14.9 Å². The normalized spacial score (nSPS) is 21.0. The van der Waals surface area contributed by atoms with Crippen molar-refractivity contribution in [3.05, 3.63) is 41.1 Å². The summed E-state index contributed by atoms with van der Waals surface area (Å²) in [5, 5.41) is 3.54. The highest BCUT2D eigenvalue weighted by molar-refractivity contribution is 7.99. The Hall–Kier alpha value is -1.87. The Bertz CT molecular complexity index is 903. The molecule has 1 fully saturated rings. The highest BCUT2D eigenvalue weighted by Gasteiger charge is 2.34. The van der Waals surface area contributed by atoms with E-state index < -0.39 is 0 Å². The van der Waals surface area contributed by atoms with Gasteiger partial charge in [0.2, 0.25) is 5.95 Å². The average molecular weight is 413 g/mol. The van der Waals surface area contributed by atoms with Gasteiger partial charge in [0.05, 0.1) is 24.4 Å². The second-order valence-electron chi connectivity index (χ2n) is 8.37. The predicted molar refractivity (Wildman–Crippen MR) is 117 cm³/mol. The Kier molecular flexibility index (Phi) is 5.11. The second-order valence-corrected chi connectivity index (χ2v) is 9.51. The molecule has 5 rings (SSSR count). The molecule has 154 valence electrons. The van der Waals surface area contributed by atoms with Crippen LogP contribution < -0.4 is 16.0 Å². The van der Waals surface area contributed by atoms with Crippen LogP contribution in [0.2, 0.25) is 0 Å². The fraction of sp³-hybridized carbons (Fsp3) is 0.524. The van der Waals surface area contributed by atoms with Gasteiger partial charge >= 0.3 is 0 Å². The molecule has 0 bridgehead atoms. The number of nitrogens with one attached hydrogen (secondary N) is 1. The maximum atomic E-state index is 6.35. The number of nitrogens with two attached hydrogens (primary N) is 1. The number of hydrogen-bond donors (Lipinski definition) is 2. The number of rotatable bonds is 4. The van der Waals surface area contributed by atoms with Gasteiger partial charge in [-0.2, -0.15) is 4.98 Å². The van der Waals surface area contributed by atoms with Crippen LogP contribution >= 0.6 is 11.8 Å². The van der Waals surface area contributed by atoms with Crippen LogP contribution in [0.5, 0.6) is 0 Å². The molecule has 8 heteroatoms. The summed E-state index contributed by atoms with van der Waals surface area (Å²) in [5.74, 6) is 2.79. The topological polar surface area (TPSA) is 79.5 Å². The highest BCUT2D eigenvalue weighted by Crippen LogP contribution is 2.31. The van der Waals surface area contributed by atoms with E-state index in [1.54, 1.807) is 0 Å². The molecule has 2 aromatic rings. The van der Waals surface area contributed by atoms with Gasteiger partial charge in [0.25, 0.3) is 0 Å². The summed E-state index contributed by atoms with van der Waals surface area (Å²) >= 11 is 1.92. The maximum absolute atomic E-state index is 6.35. The van der Waals surface area contributed by atoms with E-state index >= 15 is 0 Å². The molecular weight excluding hydrogens is 384 g/mol. The smallest absolute Gasteiger partial charge is 0.227 e. The third-order valence-electron chi connectivity index (χ3n) is 5.86. The lowest BCUT2D eigenvalue weighted by Crippen LogP contribution is -2.61. The number of likely N-dealkylation sites (N-methyl/N-ethyl adjacent to an activating group) is 1. The Morgan fingerprint density at radius 1 is 1.21 bits per heavy atom. The van der Waals surface area contributed by atoms with Gasteiger partial charge in [-0.25, -0.2) is 4.98 Å². The zero-order chi connectivity index (χ0) is 19.8. The van der Waals surface area contributed by atoms with E-state index in [4.69, 9.17) is 20.4 Å². The molecule has 1 aromatic carbocycles. The van der Waals surface area contributed by atoms with E-state index in [1.165, 1.54) is 16.0 Å². The minimum Gasteiger partial charge on any atom is -0.377 e. The van der Waals surface area contributed by atoms with Gasteiger partial charge in [-0.05, 0) is 18.7 Å². The van der Waals surface area contributed by atoms with Gasteiger partial charge in [0, 0.05) is 55.4 Å². The van der Waals surface area contributed by atoms with Gasteiger partial charge in [-0.15, -0.1) is 11.8 Å². The van der Waals surface area contributed by atoms with Crippen molar-refractivity contribution in [3.8, 4) is 0 Å². The summed E-state index contributed by atoms with van der Waals surface area (Å²) in [4.78, 5) is 16.0. The van der Waals surface area contributed by atoms with E-state index in [9.17, 15) is 0 Å². The van der Waals surface area contributed by atoms with Gasteiger partial charge in [0.15, 0.2) is 0 Å². The summed E-state index contributed by atoms with van der Waals surface area (Å²) in [6.07, 6.45) is 0.950. The monoisotopic (exact) mass is 412 g/mol. The van der Waals surface area contributed by atoms with E-state index in [0.717, 1.165) is 55.8 Å². The number of anilines is 2. The second kappa shape index (κ2) is 7.75. The van der Waals surface area contributed by atoms with Crippen LogP contribution in [0.25, 0.3) is 0 Å². The Labute approximate surface area is 176 Å². The molecule has 0 saturated carbocycles. The first kappa shape index (κ1) is 19.1. The number of fused-ring (bicyclic) bond motifs is 2. The number of thioether (sulfide) groups is 1. The molecule has 0 radical (unpaired) electrons. The van der Waals surface area contributed by atoms with Crippen LogP contribution in [-0.2, 0) is 24.2 Å². The van der Waals surface area contributed by atoms with Crippen molar-refractivity contribution in [2.24, 2.45) is 5.73 Å². The summed E-state index contributed by atoms with van der Waals surface area (Å²) in [6.45, 7) is 5.53. The molecular formula is C21H28N6OS. The molecule has 7 nitrogen and oxygen atoms in total. The quantitative estimate of drug-likeness (QED) is 0.786. The van der Waals surface area contributed by atoms with Crippen LogP contribution in [0.1, 0.15) is 16.8 Å². The Balaban J connectivity index is 1.46. The van der Waals surface area contributed by atoms with E-state index in [0.29, 0.717) is 19.8 Å². The van der Waals surface area contributed by atoms with Crippen molar-refractivity contribution in [3.63, 3.8) is 0 Å². The summed E-state index contributed by atoms with van der Waals surface area (Å²) in [7, 11) is 2.15. The third kappa shape index (κ3) is 3.94. The van der Waals surface area contributed by atoms with Crippen molar-refractivity contribution in [2.75, 3.05) is 55.9 Å². The van der Waals surface area contributed by atoms with Crippen LogP contribution in [0, 0.1) is 0 Å². The fourth-order valence-electron chi connectivity index (χ4n) is 4.05. The molecule has 1 saturated heterocycles. The lowest BCUT2D eigenvalue weighted by atomic mass is 9.99. The van der Waals surface area contributed by atoms with E-state index in [1.807, 2.05) is 11.8 Å². The van der Waals surface area contributed by atoms with Crippen LogP contribution in [-0.4, -0.2) is 66.1 Å². The number of hydrogen-bond acceptors (Lipinski definition) is 8. The molecule has 0 aliphatic carbocycles. The summed E-state index contributed by atoms with van der Waals surface area (Å²) < 4.78 is 5.31. The highest BCUT2D eigenvalue weighted by atomic mass is 32.2. The largest absolute Gasteiger partial charge is 0.377 e. The zero-order valence-corrected chi connectivity index (χ0v) is 17.7. The number of aromatic nitrogens is 2. The first-order valence-electron chi connectivity index (χ1n) is 10.2. The Morgan fingerprint density at radius 3 is 2.90 bits per heavy atom.